The molecule has 0 aliphatic carbocycles. The van der Waals surface area contributed by atoms with E-state index in [-0.39, 0.29) is 18.6 Å². The van der Waals surface area contributed by atoms with Crippen LogP contribution in [0.5, 0.6) is 0 Å². The molecule has 3 atom stereocenters. The van der Waals surface area contributed by atoms with Crippen molar-refractivity contribution in [2.75, 3.05) is 13.6 Å². The van der Waals surface area contributed by atoms with Crippen LogP contribution < -0.4 is 0 Å². The second-order valence-electron chi connectivity index (χ2n) is 5.30. The van der Waals surface area contributed by atoms with Crippen LogP contribution in [-0.2, 0) is 4.79 Å². The fourth-order valence-corrected chi connectivity index (χ4v) is 2.58. The van der Waals surface area contributed by atoms with Crippen molar-refractivity contribution < 1.29 is 14.7 Å². The van der Waals surface area contributed by atoms with E-state index >= 15 is 0 Å². The Balaban J connectivity index is 2.65. The average Bonchev–Trinajstić information content (AvgIpc) is 2.68. The third-order valence-electron chi connectivity index (χ3n) is 3.77. The van der Waals surface area contributed by atoms with E-state index in [1.807, 2.05) is 4.90 Å². The molecule has 2 amide bonds. The van der Waals surface area contributed by atoms with Gasteiger partial charge in [-0.25, -0.2) is 4.79 Å². The molecule has 1 rings (SSSR count). The van der Waals surface area contributed by atoms with E-state index < -0.39 is 11.9 Å². The molecule has 3 unspecified atom stereocenters. The lowest BCUT2D eigenvalue weighted by atomic mass is 10.1. The maximum Gasteiger partial charge on any atom is 0.320 e. The molecule has 0 saturated carbocycles. The Hall–Kier alpha value is -1.26. The Morgan fingerprint density at radius 3 is 2.56 bits per heavy atom. The predicted octanol–water partition coefficient (Wildman–Crippen LogP) is 2.02. The Kier molecular flexibility index (Phi) is 4.99. The molecule has 5 heteroatoms. The summed E-state index contributed by atoms with van der Waals surface area (Å²) in [5.41, 5.74) is 0. The quantitative estimate of drug-likeness (QED) is 0.837. The number of carboxylic acids is 1. The monoisotopic (exact) mass is 256 g/mol. The van der Waals surface area contributed by atoms with Crippen LogP contribution in [0.3, 0.4) is 0 Å². The fourth-order valence-electron chi connectivity index (χ4n) is 2.58. The first-order valence-electron chi connectivity index (χ1n) is 6.64. The summed E-state index contributed by atoms with van der Waals surface area (Å²) < 4.78 is 0. The molecule has 18 heavy (non-hydrogen) atoms. The maximum absolute atomic E-state index is 12.3. The van der Waals surface area contributed by atoms with Gasteiger partial charge in [0.15, 0.2) is 0 Å². The molecule has 104 valence electrons. The summed E-state index contributed by atoms with van der Waals surface area (Å²) in [5.74, 6) is -1.40. The van der Waals surface area contributed by atoms with Crippen molar-refractivity contribution in [2.24, 2.45) is 5.92 Å². The highest BCUT2D eigenvalue weighted by Crippen LogP contribution is 2.27. The van der Waals surface area contributed by atoms with E-state index in [9.17, 15) is 9.59 Å². The van der Waals surface area contributed by atoms with E-state index in [0.29, 0.717) is 6.04 Å². The molecule has 1 saturated heterocycles. The van der Waals surface area contributed by atoms with Gasteiger partial charge < -0.3 is 14.9 Å². The van der Waals surface area contributed by atoms with Gasteiger partial charge in [0.1, 0.15) is 0 Å². The first-order valence-corrected chi connectivity index (χ1v) is 6.64. The predicted molar refractivity (Wildman–Crippen MR) is 69.4 cm³/mol. The second-order valence-corrected chi connectivity index (χ2v) is 5.30. The molecule has 1 fully saturated rings. The number of carbonyl (C=O) groups is 2. The Morgan fingerprint density at radius 1 is 1.44 bits per heavy atom. The molecule has 0 bridgehead atoms. The van der Waals surface area contributed by atoms with Crippen LogP contribution in [0.2, 0.25) is 0 Å². The molecule has 0 spiro atoms. The van der Waals surface area contributed by atoms with Gasteiger partial charge in [0.05, 0.1) is 5.92 Å². The lowest BCUT2D eigenvalue weighted by Gasteiger charge is -2.33. The Morgan fingerprint density at radius 2 is 2.06 bits per heavy atom. The lowest BCUT2D eigenvalue weighted by Crippen LogP contribution is -2.48. The number of hydrogen-bond acceptors (Lipinski definition) is 2. The minimum Gasteiger partial charge on any atom is -0.481 e. The zero-order valence-electron chi connectivity index (χ0n) is 11.7. The zero-order chi connectivity index (χ0) is 13.9. The number of likely N-dealkylation sites (tertiary alicyclic amines) is 1. The van der Waals surface area contributed by atoms with Crippen LogP contribution in [0.1, 0.15) is 40.0 Å². The molecule has 0 radical (unpaired) electrons. The van der Waals surface area contributed by atoms with E-state index in [1.165, 1.54) is 4.90 Å². The number of carboxylic acid groups (broad SMARTS) is 1. The normalized spacial score (nSPS) is 25.0. The Bertz CT molecular complexity index is 319. The molecular weight excluding hydrogens is 232 g/mol. The first kappa shape index (κ1) is 14.8. The van der Waals surface area contributed by atoms with Crippen molar-refractivity contribution in [3.63, 3.8) is 0 Å². The molecule has 0 aromatic rings. The highest BCUT2D eigenvalue weighted by molar-refractivity contribution is 5.76. The van der Waals surface area contributed by atoms with Crippen LogP contribution in [-0.4, -0.2) is 52.6 Å². The molecular formula is C13H24N2O3. The topological polar surface area (TPSA) is 60.9 Å². The van der Waals surface area contributed by atoms with Gasteiger partial charge in [-0.2, -0.15) is 0 Å². The number of hydrogen-bond donors (Lipinski definition) is 1. The molecule has 0 aromatic carbocycles. The summed E-state index contributed by atoms with van der Waals surface area (Å²) in [6.45, 7) is 6.02. The number of urea groups is 1. The summed E-state index contributed by atoms with van der Waals surface area (Å²) >= 11 is 0. The van der Waals surface area contributed by atoms with E-state index in [1.54, 1.807) is 14.0 Å². The molecule has 1 heterocycles. The lowest BCUT2D eigenvalue weighted by molar-refractivity contribution is -0.141. The van der Waals surface area contributed by atoms with Gasteiger partial charge in [0, 0.05) is 25.7 Å². The highest BCUT2D eigenvalue weighted by Gasteiger charge is 2.35. The summed E-state index contributed by atoms with van der Waals surface area (Å²) in [7, 11) is 1.68. The third-order valence-corrected chi connectivity index (χ3v) is 3.77. The van der Waals surface area contributed by atoms with Crippen LogP contribution in [0.15, 0.2) is 0 Å². The second kappa shape index (κ2) is 6.07. The van der Waals surface area contributed by atoms with E-state index in [2.05, 4.69) is 13.8 Å². The van der Waals surface area contributed by atoms with Crippen molar-refractivity contribution >= 4 is 12.0 Å². The van der Waals surface area contributed by atoms with Gasteiger partial charge in [0.2, 0.25) is 0 Å². The molecule has 5 nitrogen and oxygen atoms in total. The maximum atomic E-state index is 12.3. The minimum atomic E-state index is -0.865. The number of amides is 2. The molecule has 1 N–H and O–H groups in total. The summed E-state index contributed by atoms with van der Waals surface area (Å²) in [6.07, 6.45) is 3.04. The van der Waals surface area contributed by atoms with Gasteiger partial charge in [-0.15, -0.1) is 0 Å². The van der Waals surface area contributed by atoms with Crippen LogP contribution in [0.4, 0.5) is 4.79 Å². The van der Waals surface area contributed by atoms with Gasteiger partial charge in [0.25, 0.3) is 0 Å². The highest BCUT2D eigenvalue weighted by atomic mass is 16.4. The zero-order valence-corrected chi connectivity index (χ0v) is 11.7. The van der Waals surface area contributed by atoms with Gasteiger partial charge >= 0.3 is 12.0 Å². The smallest absolute Gasteiger partial charge is 0.320 e. The first-order chi connectivity index (χ1) is 8.38. The molecule has 1 aliphatic heterocycles. The summed E-state index contributed by atoms with van der Waals surface area (Å²) in [4.78, 5) is 26.6. The van der Waals surface area contributed by atoms with Crippen LogP contribution in [0, 0.1) is 5.92 Å². The van der Waals surface area contributed by atoms with E-state index in [4.69, 9.17) is 5.11 Å². The SMILES string of the molecule is CCC1CCC(C)N1C(=O)N(C)CC(C)C(=O)O. The van der Waals surface area contributed by atoms with Gasteiger partial charge in [-0.1, -0.05) is 13.8 Å². The van der Waals surface area contributed by atoms with Crippen molar-refractivity contribution in [1.29, 1.82) is 0 Å². The van der Waals surface area contributed by atoms with Gasteiger partial charge in [-0.3, -0.25) is 4.79 Å². The number of carbonyl (C=O) groups excluding carboxylic acids is 1. The number of nitrogens with zero attached hydrogens (tertiary/aromatic N) is 2. The average molecular weight is 256 g/mol. The minimum absolute atomic E-state index is 0.0417. The van der Waals surface area contributed by atoms with Gasteiger partial charge in [-0.05, 0) is 26.2 Å². The summed E-state index contributed by atoms with van der Waals surface area (Å²) in [6, 6.07) is 0.514. The fraction of sp³-hybridized carbons (Fsp3) is 0.846. The number of aliphatic carboxylic acids is 1. The van der Waals surface area contributed by atoms with Crippen LogP contribution in [0.25, 0.3) is 0 Å². The van der Waals surface area contributed by atoms with Crippen LogP contribution >= 0.6 is 0 Å². The standard InChI is InChI=1S/C13H24N2O3/c1-5-11-7-6-10(3)15(11)13(18)14(4)8-9(2)12(16)17/h9-11H,5-8H2,1-4H3,(H,16,17). The van der Waals surface area contributed by atoms with Crippen molar-refractivity contribution in [3.8, 4) is 0 Å². The third kappa shape index (κ3) is 3.15. The molecule has 1 aliphatic rings. The van der Waals surface area contributed by atoms with Crippen molar-refractivity contribution in [3.05, 3.63) is 0 Å². The molecule has 0 aromatic heterocycles. The van der Waals surface area contributed by atoms with Crippen molar-refractivity contribution in [1.82, 2.24) is 9.80 Å². The van der Waals surface area contributed by atoms with E-state index in [0.717, 1.165) is 19.3 Å². The largest absolute Gasteiger partial charge is 0.481 e. The Labute approximate surface area is 109 Å². The summed E-state index contributed by atoms with van der Waals surface area (Å²) in [5, 5.41) is 8.88. The van der Waals surface area contributed by atoms with Crippen molar-refractivity contribution in [2.45, 2.75) is 52.1 Å². The number of rotatable bonds is 4.